The molecule has 0 saturated carbocycles. The first-order chi connectivity index (χ1) is 8.83. The molecule has 1 saturated heterocycles. The number of benzene rings is 1. The molecule has 1 aromatic heterocycles. The van der Waals surface area contributed by atoms with Gasteiger partial charge in [0.25, 0.3) is 0 Å². The number of fused-ring (bicyclic) bond motifs is 1. The van der Waals surface area contributed by atoms with Crippen molar-refractivity contribution in [1.82, 2.24) is 10.3 Å². The number of aromatic nitrogens is 1. The monoisotopic (exact) mass is 246 g/mol. The standard InChI is InChI=1S/C14H15FN2O/c15-10-1-2-13-12(9-10)14(5-8-17-13)18-11-3-6-16-7-4-11/h1-2,5,8-9,11,16H,3-4,6-7H2. The minimum Gasteiger partial charge on any atom is -0.490 e. The predicted octanol–water partition coefficient (Wildman–Crippen LogP) is 2.50. The molecule has 1 fully saturated rings. The molecule has 3 nitrogen and oxygen atoms in total. The number of nitrogens with zero attached hydrogens (tertiary/aromatic N) is 1. The summed E-state index contributed by atoms with van der Waals surface area (Å²) in [5.74, 6) is 0.470. The average molecular weight is 246 g/mol. The second kappa shape index (κ2) is 4.90. The van der Waals surface area contributed by atoms with Gasteiger partial charge in [-0.05, 0) is 50.2 Å². The Hall–Kier alpha value is -1.68. The molecule has 1 aromatic carbocycles. The molecule has 0 amide bonds. The molecule has 94 valence electrons. The number of halogens is 1. The smallest absolute Gasteiger partial charge is 0.130 e. The lowest BCUT2D eigenvalue weighted by molar-refractivity contribution is 0.164. The zero-order valence-corrected chi connectivity index (χ0v) is 10.0. The first kappa shape index (κ1) is 11.4. The highest BCUT2D eigenvalue weighted by molar-refractivity contribution is 5.84. The zero-order valence-electron chi connectivity index (χ0n) is 10.0. The molecule has 1 N–H and O–H groups in total. The zero-order chi connectivity index (χ0) is 12.4. The molecule has 1 aliphatic heterocycles. The van der Waals surface area contributed by atoms with E-state index in [4.69, 9.17) is 4.74 Å². The van der Waals surface area contributed by atoms with E-state index in [9.17, 15) is 4.39 Å². The molecular formula is C14H15FN2O. The number of nitrogens with one attached hydrogen (secondary N) is 1. The Bertz CT molecular complexity index is 552. The van der Waals surface area contributed by atoms with Crippen LogP contribution in [0, 0.1) is 5.82 Å². The molecule has 2 heterocycles. The molecule has 0 atom stereocenters. The molecule has 3 rings (SSSR count). The van der Waals surface area contributed by atoms with Crippen LogP contribution < -0.4 is 10.1 Å². The summed E-state index contributed by atoms with van der Waals surface area (Å²) in [7, 11) is 0. The highest BCUT2D eigenvalue weighted by atomic mass is 19.1. The summed E-state index contributed by atoms with van der Waals surface area (Å²) in [4.78, 5) is 4.22. The first-order valence-corrected chi connectivity index (χ1v) is 6.24. The van der Waals surface area contributed by atoms with Gasteiger partial charge in [0.15, 0.2) is 0 Å². The predicted molar refractivity (Wildman–Crippen MR) is 68.2 cm³/mol. The third-order valence-electron chi connectivity index (χ3n) is 3.24. The van der Waals surface area contributed by atoms with Gasteiger partial charge in [-0.3, -0.25) is 4.98 Å². The van der Waals surface area contributed by atoms with Gasteiger partial charge < -0.3 is 10.1 Å². The Morgan fingerprint density at radius 2 is 2.06 bits per heavy atom. The van der Waals surface area contributed by atoms with Crippen molar-refractivity contribution >= 4 is 10.9 Å². The maximum atomic E-state index is 13.3. The van der Waals surface area contributed by atoms with Crippen molar-refractivity contribution in [3.63, 3.8) is 0 Å². The maximum Gasteiger partial charge on any atom is 0.130 e. The van der Waals surface area contributed by atoms with E-state index in [0.29, 0.717) is 0 Å². The summed E-state index contributed by atoms with van der Waals surface area (Å²) in [5.41, 5.74) is 0.767. The summed E-state index contributed by atoms with van der Waals surface area (Å²) in [6, 6.07) is 6.39. The number of rotatable bonds is 2. The lowest BCUT2D eigenvalue weighted by atomic mass is 10.1. The Kier molecular flexibility index (Phi) is 3.11. The van der Waals surface area contributed by atoms with Crippen molar-refractivity contribution in [3.8, 4) is 5.75 Å². The van der Waals surface area contributed by atoms with Crippen molar-refractivity contribution in [2.45, 2.75) is 18.9 Å². The number of hydrogen-bond acceptors (Lipinski definition) is 3. The molecule has 0 aliphatic carbocycles. The summed E-state index contributed by atoms with van der Waals surface area (Å²) in [5, 5.41) is 4.04. The quantitative estimate of drug-likeness (QED) is 0.884. The van der Waals surface area contributed by atoms with Gasteiger partial charge in [-0.2, -0.15) is 0 Å². The van der Waals surface area contributed by atoms with Gasteiger partial charge in [0.2, 0.25) is 0 Å². The van der Waals surface area contributed by atoms with E-state index in [1.165, 1.54) is 12.1 Å². The number of piperidine rings is 1. The lowest BCUT2D eigenvalue weighted by Crippen LogP contribution is -2.34. The Morgan fingerprint density at radius 3 is 2.89 bits per heavy atom. The van der Waals surface area contributed by atoms with Crippen molar-refractivity contribution in [2.24, 2.45) is 0 Å². The van der Waals surface area contributed by atoms with Gasteiger partial charge in [0.05, 0.1) is 5.52 Å². The van der Waals surface area contributed by atoms with Gasteiger partial charge in [-0.25, -0.2) is 4.39 Å². The van der Waals surface area contributed by atoms with Gasteiger partial charge in [0, 0.05) is 11.6 Å². The van der Waals surface area contributed by atoms with Gasteiger partial charge in [-0.1, -0.05) is 0 Å². The maximum absolute atomic E-state index is 13.3. The molecule has 0 spiro atoms. The summed E-state index contributed by atoms with van der Waals surface area (Å²) >= 11 is 0. The van der Waals surface area contributed by atoms with Gasteiger partial charge in [0.1, 0.15) is 17.7 Å². The van der Waals surface area contributed by atoms with Crippen LogP contribution >= 0.6 is 0 Å². The van der Waals surface area contributed by atoms with Crippen LogP contribution in [0.4, 0.5) is 4.39 Å². The molecule has 2 aromatic rings. The summed E-state index contributed by atoms with van der Waals surface area (Å²) in [6.07, 6.45) is 3.88. The van der Waals surface area contributed by atoms with Crippen LogP contribution in [0.2, 0.25) is 0 Å². The molecule has 0 unspecified atom stereocenters. The van der Waals surface area contributed by atoms with Crippen molar-refractivity contribution < 1.29 is 9.13 Å². The minimum absolute atomic E-state index is 0.208. The fraction of sp³-hybridized carbons (Fsp3) is 0.357. The van der Waals surface area contributed by atoms with E-state index >= 15 is 0 Å². The van der Waals surface area contributed by atoms with Crippen LogP contribution in [0.25, 0.3) is 10.9 Å². The van der Waals surface area contributed by atoms with E-state index in [2.05, 4.69) is 10.3 Å². The normalized spacial score (nSPS) is 16.9. The molecule has 0 bridgehead atoms. The number of hydrogen-bond donors (Lipinski definition) is 1. The Morgan fingerprint density at radius 1 is 1.22 bits per heavy atom. The topological polar surface area (TPSA) is 34.1 Å². The van der Waals surface area contributed by atoms with Gasteiger partial charge >= 0.3 is 0 Å². The highest BCUT2D eigenvalue weighted by Gasteiger charge is 2.15. The SMILES string of the molecule is Fc1ccc2nccc(OC3CCNCC3)c2c1. The highest BCUT2D eigenvalue weighted by Crippen LogP contribution is 2.26. The third-order valence-corrected chi connectivity index (χ3v) is 3.24. The summed E-state index contributed by atoms with van der Waals surface area (Å²) < 4.78 is 19.3. The fourth-order valence-corrected chi connectivity index (χ4v) is 2.29. The van der Waals surface area contributed by atoms with E-state index in [1.54, 1.807) is 12.3 Å². The van der Waals surface area contributed by atoms with Crippen molar-refractivity contribution in [3.05, 3.63) is 36.3 Å². The van der Waals surface area contributed by atoms with Crippen LogP contribution in [-0.2, 0) is 0 Å². The van der Waals surface area contributed by atoms with E-state index in [-0.39, 0.29) is 11.9 Å². The Labute approximate surface area is 105 Å². The number of ether oxygens (including phenoxy) is 1. The van der Waals surface area contributed by atoms with E-state index in [1.807, 2.05) is 6.07 Å². The molecule has 4 heteroatoms. The van der Waals surface area contributed by atoms with Crippen LogP contribution in [0.1, 0.15) is 12.8 Å². The van der Waals surface area contributed by atoms with Crippen molar-refractivity contribution in [1.29, 1.82) is 0 Å². The molecule has 1 aliphatic rings. The lowest BCUT2D eigenvalue weighted by Gasteiger charge is -2.24. The van der Waals surface area contributed by atoms with Crippen molar-refractivity contribution in [2.75, 3.05) is 13.1 Å². The molecular weight excluding hydrogens is 231 g/mol. The molecule has 0 radical (unpaired) electrons. The fourth-order valence-electron chi connectivity index (χ4n) is 2.29. The largest absolute Gasteiger partial charge is 0.490 e. The molecule has 18 heavy (non-hydrogen) atoms. The Balaban J connectivity index is 1.92. The number of pyridine rings is 1. The van der Waals surface area contributed by atoms with Crippen LogP contribution in [0.3, 0.4) is 0 Å². The summed E-state index contributed by atoms with van der Waals surface area (Å²) in [6.45, 7) is 1.95. The minimum atomic E-state index is -0.259. The second-order valence-corrected chi connectivity index (χ2v) is 4.54. The van der Waals surface area contributed by atoms with E-state index < -0.39 is 0 Å². The van der Waals surface area contributed by atoms with Crippen LogP contribution in [-0.4, -0.2) is 24.2 Å². The first-order valence-electron chi connectivity index (χ1n) is 6.24. The average Bonchev–Trinajstić information content (AvgIpc) is 2.41. The van der Waals surface area contributed by atoms with E-state index in [0.717, 1.165) is 42.6 Å². The van der Waals surface area contributed by atoms with Crippen LogP contribution in [0.15, 0.2) is 30.5 Å². The third kappa shape index (κ3) is 2.29. The van der Waals surface area contributed by atoms with Gasteiger partial charge in [-0.15, -0.1) is 0 Å². The van der Waals surface area contributed by atoms with Crippen LogP contribution in [0.5, 0.6) is 5.75 Å². The second-order valence-electron chi connectivity index (χ2n) is 4.54.